The Morgan fingerprint density at radius 2 is 2.25 bits per heavy atom. The van der Waals surface area contributed by atoms with E-state index in [-0.39, 0.29) is 6.42 Å². The van der Waals surface area contributed by atoms with Crippen molar-refractivity contribution < 1.29 is 14.4 Å². The minimum Gasteiger partial charge on any atom is -0.481 e. The van der Waals surface area contributed by atoms with Crippen LogP contribution in [0.3, 0.4) is 0 Å². The van der Waals surface area contributed by atoms with Crippen LogP contribution in [0.4, 0.5) is 0 Å². The molecule has 5 heteroatoms. The van der Waals surface area contributed by atoms with E-state index >= 15 is 0 Å². The van der Waals surface area contributed by atoms with Crippen LogP contribution >= 0.6 is 15.9 Å². The fourth-order valence-corrected chi connectivity index (χ4v) is 1.73. The first kappa shape index (κ1) is 10.9. The lowest BCUT2D eigenvalue weighted by molar-refractivity contribution is -0.136. The number of rotatable bonds is 3. The van der Waals surface area contributed by atoms with Crippen LogP contribution in [0.2, 0.25) is 0 Å². The van der Waals surface area contributed by atoms with Gasteiger partial charge >= 0.3 is 5.97 Å². The number of aromatic nitrogens is 1. The molecule has 0 saturated carbocycles. The van der Waals surface area contributed by atoms with E-state index < -0.39 is 5.97 Å². The lowest BCUT2D eigenvalue weighted by atomic mass is 10.1. The monoisotopic (exact) mass is 281 g/mol. The van der Waals surface area contributed by atoms with E-state index in [1.165, 1.54) is 0 Å². The van der Waals surface area contributed by atoms with Crippen LogP contribution in [0.25, 0.3) is 11.3 Å². The third-order valence-electron chi connectivity index (χ3n) is 2.00. The minimum absolute atomic E-state index is 0.152. The molecule has 2 rings (SSSR count). The van der Waals surface area contributed by atoms with E-state index in [9.17, 15) is 4.79 Å². The highest BCUT2D eigenvalue weighted by Gasteiger charge is 2.09. The van der Waals surface area contributed by atoms with Crippen molar-refractivity contribution in [1.29, 1.82) is 0 Å². The minimum atomic E-state index is -0.933. The zero-order valence-corrected chi connectivity index (χ0v) is 9.77. The number of carboxylic acids is 1. The largest absolute Gasteiger partial charge is 0.481 e. The summed E-state index contributed by atoms with van der Waals surface area (Å²) in [4.78, 5) is 10.5. The Morgan fingerprint density at radius 1 is 1.44 bits per heavy atom. The van der Waals surface area contributed by atoms with Gasteiger partial charge in [-0.25, -0.2) is 0 Å². The second-order valence-electron chi connectivity index (χ2n) is 3.26. The fourth-order valence-electron chi connectivity index (χ4n) is 1.33. The lowest BCUT2D eigenvalue weighted by Crippen LogP contribution is -1.97. The Bertz CT molecular complexity index is 521. The molecule has 1 aromatic carbocycles. The van der Waals surface area contributed by atoms with Gasteiger partial charge in [0, 0.05) is 16.1 Å². The van der Waals surface area contributed by atoms with Crippen LogP contribution in [0.1, 0.15) is 5.76 Å². The zero-order chi connectivity index (χ0) is 11.5. The molecule has 0 fully saturated rings. The van der Waals surface area contributed by atoms with Gasteiger partial charge in [-0.1, -0.05) is 33.2 Å². The third kappa shape index (κ3) is 2.49. The third-order valence-corrected chi connectivity index (χ3v) is 2.50. The Labute approximate surface area is 100 Å². The number of carboxylic acid groups (broad SMARTS) is 1. The van der Waals surface area contributed by atoms with Crippen LogP contribution in [-0.4, -0.2) is 16.2 Å². The summed E-state index contributed by atoms with van der Waals surface area (Å²) >= 11 is 3.35. The van der Waals surface area contributed by atoms with Crippen molar-refractivity contribution in [3.8, 4) is 11.3 Å². The maximum atomic E-state index is 10.5. The highest BCUT2D eigenvalue weighted by atomic mass is 79.9. The highest BCUT2D eigenvalue weighted by Crippen LogP contribution is 2.22. The van der Waals surface area contributed by atoms with Gasteiger partial charge in [-0.2, -0.15) is 0 Å². The van der Waals surface area contributed by atoms with Crippen molar-refractivity contribution in [3.05, 3.63) is 40.6 Å². The predicted octanol–water partition coefficient (Wildman–Crippen LogP) is 2.73. The van der Waals surface area contributed by atoms with E-state index in [0.29, 0.717) is 11.5 Å². The predicted molar refractivity (Wildman–Crippen MR) is 61.0 cm³/mol. The van der Waals surface area contributed by atoms with Gasteiger partial charge in [0.05, 0.1) is 0 Å². The quantitative estimate of drug-likeness (QED) is 0.940. The van der Waals surface area contributed by atoms with Crippen molar-refractivity contribution in [2.75, 3.05) is 0 Å². The summed E-state index contributed by atoms with van der Waals surface area (Å²) in [7, 11) is 0. The average Bonchev–Trinajstić information content (AvgIpc) is 2.65. The SMILES string of the molecule is O=C(O)Cc1cc(-c2cccc(Br)c2)no1. The Kier molecular flexibility index (Phi) is 3.05. The van der Waals surface area contributed by atoms with Crippen molar-refractivity contribution >= 4 is 21.9 Å². The molecule has 16 heavy (non-hydrogen) atoms. The molecule has 0 unspecified atom stereocenters. The summed E-state index contributed by atoms with van der Waals surface area (Å²) in [5.74, 6) is -0.584. The summed E-state index contributed by atoms with van der Waals surface area (Å²) in [6, 6.07) is 9.19. The van der Waals surface area contributed by atoms with Gasteiger partial charge < -0.3 is 9.63 Å². The number of nitrogens with zero attached hydrogens (tertiary/aromatic N) is 1. The molecule has 1 N–H and O–H groups in total. The summed E-state index contributed by atoms with van der Waals surface area (Å²) in [5, 5.41) is 12.4. The van der Waals surface area contributed by atoms with Gasteiger partial charge in [-0.3, -0.25) is 4.79 Å². The van der Waals surface area contributed by atoms with E-state index in [2.05, 4.69) is 21.1 Å². The van der Waals surface area contributed by atoms with Gasteiger partial charge in [0.25, 0.3) is 0 Å². The molecule has 2 aromatic rings. The van der Waals surface area contributed by atoms with E-state index in [4.69, 9.17) is 9.63 Å². The van der Waals surface area contributed by atoms with Gasteiger partial charge in [0.2, 0.25) is 0 Å². The van der Waals surface area contributed by atoms with Gasteiger partial charge in [0.15, 0.2) is 0 Å². The Hall–Kier alpha value is -1.62. The molecule has 1 aromatic heterocycles. The Morgan fingerprint density at radius 3 is 2.94 bits per heavy atom. The van der Waals surface area contributed by atoms with Crippen LogP contribution < -0.4 is 0 Å². The molecule has 0 aliphatic heterocycles. The van der Waals surface area contributed by atoms with E-state index in [1.807, 2.05) is 24.3 Å². The van der Waals surface area contributed by atoms with E-state index in [1.54, 1.807) is 6.07 Å². The first-order valence-corrected chi connectivity index (χ1v) is 5.38. The number of carbonyl (C=O) groups is 1. The van der Waals surface area contributed by atoms with Crippen LogP contribution in [0.5, 0.6) is 0 Å². The standard InChI is InChI=1S/C11H8BrNO3/c12-8-3-1-2-7(4-8)10-5-9(16-13-10)6-11(14)15/h1-5H,6H2,(H,14,15). The molecule has 1 heterocycles. The number of halogens is 1. The second kappa shape index (κ2) is 4.49. The number of hydrogen-bond acceptors (Lipinski definition) is 3. The molecular formula is C11H8BrNO3. The van der Waals surface area contributed by atoms with Crippen molar-refractivity contribution in [2.24, 2.45) is 0 Å². The summed E-state index contributed by atoms with van der Waals surface area (Å²) in [6.45, 7) is 0. The average molecular weight is 282 g/mol. The number of hydrogen-bond donors (Lipinski definition) is 1. The molecule has 82 valence electrons. The zero-order valence-electron chi connectivity index (χ0n) is 8.18. The molecule has 0 amide bonds. The lowest BCUT2D eigenvalue weighted by Gasteiger charge is -1.94. The summed E-state index contributed by atoms with van der Waals surface area (Å²) < 4.78 is 5.86. The molecule has 0 saturated heterocycles. The van der Waals surface area contributed by atoms with Crippen molar-refractivity contribution in [1.82, 2.24) is 5.16 Å². The molecular weight excluding hydrogens is 274 g/mol. The van der Waals surface area contributed by atoms with Gasteiger partial charge in [-0.15, -0.1) is 0 Å². The van der Waals surface area contributed by atoms with Crippen molar-refractivity contribution in [3.63, 3.8) is 0 Å². The number of benzene rings is 1. The number of aliphatic carboxylic acids is 1. The smallest absolute Gasteiger partial charge is 0.311 e. The van der Waals surface area contributed by atoms with Crippen molar-refractivity contribution in [2.45, 2.75) is 6.42 Å². The summed E-state index contributed by atoms with van der Waals surface area (Å²) in [6.07, 6.45) is -0.152. The van der Waals surface area contributed by atoms with Crippen LogP contribution in [0, 0.1) is 0 Å². The molecule has 0 spiro atoms. The van der Waals surface area contributed by atoms with Gasteiger partial charge in [-0.05, 0) is 12.1 Å². The maximum absolute atomic E-state index is 10.5. The highest BCUT2D eigenvalue weighted by molar-refractivity contribution is 9.10. The summed E-state index contributed by atoms with van der Waals surface area (Å²) in [5.41, 5.74) is 1.52. The normalized spacial score (nSPS) is 10.3. The molecule has 0 aliphatic carbocycles. The fraction of sp³-hybridized carbons (Fsp3) is 0.0909. The molecule has 4 nitrogen and oxygen atoms in total. The van der Waals surface area contributed by atoms with Gasteiger partial charge in [0.1, 0.15) is 17.9 Å². The molecule has 0 bridgehead atoms. The molecule has 0 atom stereocenters. The maximum Gasteiger partial charge on any atom is 0.311 e. The topological polar surface area (TPSA) is 63.3 Å². The van der Waals surface area contributed by atoms with Crippen LogP contribution in [-0.2, 0) is 11.2 Å². The molecule has 0 aliphatic rings. The van der Waals surface area contributed by atoms with E-state index in [0.717, 1.165) is 10.0 Å². The molecule has 0 radical (unpaired) electrons. The Balaban J connectivity index is 2.28. The first-order valence-electron chi connectivity index (χ1n) is 4.58. The van der Waals surface area contributed by atoms with Crippen LogP contribution in [0.15, 0.2) is 39.3 Å². The first-order chi connectivity index (χ1) is 7.65. The second-order valence-corrected chi connectivity index (χ2v) is 4.18.